The predicted molar refractivity (Wildman–Crippen MR) is 76.5 cm³/mol. The number of amides is 1. The van der Waals surface area contributed by atoms with Gasteiger partial charge in [-0.2, -0.15) is 0 Å². The number of hydrogen-bond acceptors (Lipinski definition) is 2. The number of hydrogen-bond donors (Lipinski definition) is 2. The summed E-state index contributed by atoms with van der Waals surface area (Å²) >= 11 is 2.21. The molecule has 0 spiro atoms. The molecule has 1 atom stereocenters. The number of aliphatic hydroxyl groups excluding tert-OH is 1. The minimum Gasteiger partial charge on any atom is -0.465 e. The van der Waals surface area contributed by atoms with Gasteiger partial charge in [0.15, 0.2) is 0 Å². The highest BCUT2D eigenvalue weighted by Crippen LogP contribution is 2.37. The van der Waals surface area contributed by atoms with E-state index in [1.807, 2.05) is 24.3 Å². The van der Waals surface area contributed by atoms with Crippen LogP contribution in [0.25, 0.3) is 0 Å². The van der Waals surface area contributed by atoms with Crippen LogP contribution >= 0.6 is 22.6 Å². The Morgan fingerprint density at radius 1 is 1.44 bits per heavy atom. The van der Waals surface area contributed by atoms with Gasteiger partial charge < -0.3 is 10.2 Å². The van der Waals surface area contributed by atoms with Crippen LogP contribution in [0.3, 0.4) is 0 Å². The smallest absolute Gasteiger partial charge is 0.408 e. The Morgan fingerprint density at radius 2 is 2.11 bits per heavy atom. The number of rotatable bonds is 5. The third-order valence-electron chi connectivity index (χ3n) is 3.16. The molecular weight excluding hydrogens is 345 g/mol. The number of benzene rings is 1. The molecule has 0 bridgehead atoms. The van der Waals surface area contributed by atoms with Crippen molar-refractivity contribution in [2.45, 2.75) is 31.3 Å². The van der Waals surface area contributed by atoms with Gasteiger partial charge in [0.05, 0.1) is 6.04 Å². The van der Waals surface area contributed by atoms with Crippen molar-refractivity contribution in [1.29, 1.82) is 0 Å². The summed E-state index contributed by atoms with van der Waals surface area (Å²) in [5.41, 5.74) is 0.987. The van der Waals surface area contributed by atoms with Crippen molar-refractivity contribution in [2.24, 2.45) is 0 Å². The van der Waals surface area contributed by atoms with E-state index in [4.69, 9.17) is 0 Å². The SMILES string of the molecule is O=C(O)N(C1CC1)[C@@H](CCO)c1ccccc1I. The lowest BCUT2D eigenvalue weighted by Gasteiger charge is -2.30. The number of halogens is 1. The summed E-state index contributed by atoms with van der Waals surface area (Å²) in [6.45, 7) is -0.00780. The Hall–Kier alpha value is -0.820. The fourth-order valence-electron chi connectivity index (χ4n) is 2.21. The minimum atomic E-state index is -0.893. The van der Waals surface area contributed by atoms with Gasteiger partial charge in [0.2, 0.25) is 0 Å². The molecule has 1 aromatic carbocycles. The molecule has 2 N–H and O–H groups in total. The Kier molecular flexibility index (Phi) is 4.45. The maximum atomic E-state index is 11.4. The second kappa shape index (κ2) is 5.88. The van der Waals surface area contributed by atoms with E-state index in [-0.39, 0.29) is 18.7 Å². The lowest BCUT2D eigenvalue weighted by atomic mass is 10.0. The normalized spacial score (nSPS) is 16.3. The van der Waals surface area contributed by atoms with Crippen LogP contribution in [0.15, 0.2) is 24.3 Å². The topological polar surface area (TPSA) is 60.8 Å². The van der Waals surface area contributed by atoms with Gasteiger partial charge in [-0.15, -0.1) is 0 Å². The summed E-state index contributed by atoms with van der Waals surface area (Å²) in [6.07, 6.45) is 1.41. The summed E-state index contributed by atoms with van der Waals surface area (Å²) in [5, 5.41) is 18.6. The lowest BCUT2D eigenvalue weighted by molar-refractivity contribution is 0.109. The third-order valence-corrected chi connectivity index (χ3v) is 4.15. The third kappa shape index (κ3) is 2.95. The molecule has 1 aromatic rings. The zero-order chi connectivity index (χ0) is 13.1. The molecule has 1 aliphatic rings. The zero-order valence-corrected chi connectivity index (χ0v) is 12.1. The van der Waals surface area contributed by atoms with Crippen molar-refractivity contribution in [3.8, 4) is 0 Å². The molecule has 5 heteroatoms. The van der Waals surface area contributed by atoms with E-state index in [1.165, 1.54) is 4.90 Å². The second-order valence-corrected chi connectivity index (χ2v) is 5.63. The summed E-state index contributed by atoms with van der Waals surface area (Å²) in [6, 6.07) is 7.63. The molecule has 0 aromatic heterocycles. The quantitative estimate of drug-likeness (QED) is 0.793. The molecule has 0 aliphatic heterocycles. The summed E-state index contributed by atoms with van der Waals surface area (Å²) in [7, 11) is 0. The first-order chi connectivity index (χ1) is 8.65. The van der Waals surface area contributed by atoms with Crippen molar-refractivity contribution >= 4 is 28.7 Å². The van der Waals surface area contributed by atoms with E-state index in [9.17, 15) is 15.0 Å². The largest absolute Gasteiger partial charge is 0.465 e. The van der Waals surface area contributed by atoms with E-state index in [2.05, 4.69) is 22.6 Å². The average molecular weight is 361 g/mol. The van der Waals surface area contributed by atoms with Gasteiger partial charge in [-0.05, 0) is 53.5 Å². The predicted octanol–water partition coefficient (Wildman–Crippen LogP) is 2.86. The molecule has 1 fully saturated rings. The van der Waals surface area contributed by atoms with Gasteiger partial charge in [0.25, 0.3) is 0 Å². The van der Waals surface area contributed by atoms with Crippen molar-refractivity contribution < 1.29 is 15.0 Å². The van der Waals surface area contributed by atoms with Crippen LogP contribution in [-0.4, -0.2) is 33.9 Å². The Labute approximate surface area is 120 Å². The number of aliphatic hydroxyl groups is 1. The fourth-order valence-corrected chi connectivity index (χ4v) is 2.96. The molecular formula is C13H16INO3. The van der Waals surface area contributed by atoms with Gasteiger partial charge in [-0.25, -0.2) is 4.79 Å². The highest BCUT2D eigenvalue weighted by molar-refractivity contribution is 14.1. The molecule has 0 heterocycles. The summed E-state index contributed by atoms with van der Waals surface area (Å²) < 4.78 is 1.04. The molecule has 1 aliphatic carbocycles. The fraction of sp³-hybridized carbons (Fsp3) is 0.462. The van der Waals surface area contributed by atoms with Gasteiger partial charge >= 0.3 is 6.09 Å². The first-order valence-corrected chi connectivity index (χ1v) is 7.09. The summed E-state index contributed by atoms with van der Waals surface area (Å²) in [4.78, 5) is 12.9. The molecule has 1 saturated carbocycles. The van der Waals surface area contributed by atoms with E-state index >= 15 is 0 Å². The molecule has 18 heavy (non-hydrogen) atoms. The van der Waals surface area contributed by atoms with E-state index in [0.717, 1.165) is 22.0 Å². The highest BCUT2D eigenvalue weighted by atomic mass is 127. The Balaban J connectivity index is 2.32. The number of nitrogens with zero attached hydrogens (tertiary/aromatic N) is 1. The standard InChI is InChI=1S/C13H16INO3/c14-11-4-2-1-3-10(11)12(7-8-16)15(13(17)18)9-5-6-9/h1-4,9,12,16H,5-8H2,(H,17,18)/t12-/m0/s1. The van der Waals surface area contributed by atoms with Crippen LogP contribution in [0.2, 0.25) is 0 Å². The number of carboxylic acid groups (broad SMARTS) is 1. The van der Waals surface area contributed by atoms with E-state index in [1.54, 1.807) is 0 Å². The van der Waals surface area contributed by atoms with Crippen LogP contribution in [0, 0.1) is 3.57 Å². The molecule has 2 rings (SSSR count). The van der Waals surface area contributed by atoms with Crippen molar-refractivity contribution in [2.75, 3.05) is 6.61 Å². The molecule has 0 saturated heterocycles. The second-order valence-electron chi connectivity index (χ2n) is 4.47. The maximum Gasteiger partial charge on any atom is 0.408 e. The van der Waals surface area contributed by atoms with E-state index < -0.39 is 6.09 Å². The first kappa shape index (κ1) is 13.6. The van der Waals surface area contributed by atoms with E-state index in [0.29, 0.717) is 6.42 Å². The molecule has 98 valence electrons. The van der Waals surface area contributed by atoms with Gasteiger partial charge in [-0.3, -0.25) is 4.90 Å². The van der Waals surface area contributed by atoms with Crippen LogP contribution in [-0.2, 0) is 0 Å². The van der Waals surface area contributed by atoms with Gasteiger partial charge in [0.1, 0.15) is 0 Å². The molecule has 1 amide bonds. The first-order valence-electron chi connectivity index (χ1n) is 6.01. The average Bonchev–Trinajstić information content (AvgIpc) is 3.13. The monoisotopic (exact) mass is 361 g/mol. The minimum absolute atomic E-state index is 0.00780. The highest BCUT2D eigenvalue weighted by Gasteiger charge is 2.38. The molecule has 0 radical (unpaired) electrons. The van der Waals surface area contributed by atoms with Crippen LogP contribution in [0.1, 0.15) is 30.9 Å². The van der Waals surface area contributed by atoms with Crippen molar-refractivity contribution in [3.63, 3.8) is 0 Å². The molecule has 0 unspecified atom stereocenters. The van der Waals surface area contributed by atoms with Crippen LogP contribution in [0.4, 0.5) is 4.79 Å². The van der Waals surface area contributed by atoms with Crippen LogP contribution in [0.5, 0.6) is 0 Å². The van der Waals surface area contributed by atoms with Crippen LogP contribution < -0.4 is 0 Å². The Morgan fingerprint density at radius 3 is 2.61 bits per heavy atom. The lowest BCUT2D eigenvalue weighted by Crippen LogP contribution is -2.36. The number of carbonyl (C=O) groups is 1. The maximum absolute atomic E-state index is 11.4. The summed E-state index contributed by atoms with van der Waals surface area (Å²) in [5.74, 6) is 0. The zero-order valence-electron chi connectivity index (χ0n) is 9.92. The van der Waals surface area contributed by atoms with Crippen molar-refractivity contribution in [1.82, 2.24) is 4.90 Å². The Bertz CT molecular complexity index is 434. The van der Waals surface area contributed by atoms with Gasteiger partial charge in [-0.1, -0.05) is 18.2 Å². The van der Waals surface area contributed by atoms with Crippen molar-refractivity contribution in [3.05, 3.63) is 33.4 Å². The van der Waals surface area contributed by atoms with Gasteiger partial charge in [0, 0.05) is 16.2 Å². The molecule has 4 nitrogen and oxygen atoms in total.